The molecule has 1 aliphatic rings. The number of aromatic amines is 1. The number of fused-ring (bicyclic) bond motifs is 1. The number of aromatic nitrogens is 1. The summed E-state index contributed by atoms with van der Waals surface area (Å²) in [6, 6.07) is 14.5. The Morgan fingerprint density at radius 2 is 2.04 bits per heavy atom. The lowest BCUT2D eigenvalue weighted by Gasteiger charge is -2.09. The van der Waals surface area contributed by atoms with Crippen LogP contribution in [-0.2, 0) is 6.42 Å². The summed E-state index contributed by atoms with van der Waals surface area (Å²) in [6.07, 6.45) is 5.67. The van der Waals surface area contributed by atoms with Crippen LogP contribution in [0.25, 0.3) is 22.0 Å². The van der Waals surface area contributed by atoms with Gasteiger partial charge >= 0.3 is 0 Å². The van der Waals surface area contributed by atoms with Crippen molar-refractivity contribution in [2.75, 3.05) is 6.54 Å². The molecule has 0 bridgehead atoms. The molecule has 4 heteroatoms. The number of primary amides is 1. The van der Waals surface area contributed by atoms with Crippen molar-refractivity contribution < 1.29 is 4.79 Å². The molecule has 3 aromatic rings. The number of rotatable bonds is 4. The molecule has 24 heavy (non-hydrogen) atoms. The molecular formula is C20H21N3O. The largest absolute Gasteiger partial charge is 0.366 e. The van der Waals surface area contributed by atoms with E-state index >= 15 is 0 Å². The maximum Gasteiger partial charge on any atom is 0.248 e. The predicted octanol–water partition coefficient (Wildman–Crippen LogP) is 3.23. The van der Waals surface area contributed by atoms with Crippen LogP contribution in [0.4, 0.5) is 0 Å². The van der Waals surface area contributed by atoms with E-state index in [1.54, 1.807) is 6.07 Å². The van der Waals surface area contributed by atoms with Crippen LogP contribution in [0.2, 0.25) is 0 Å². The molecule has 1 aliphatic heterocycles. The number of nitrogens with one attached hydrogen (secondary N) is 2. The first-order chi connectivity index (χ1) is 11.7. The van der Waals surface area contributed by atoms with Crippen molar-refractivity contribution in [1.82, 2.24) is 10.3 Å². The van der Waals surface area contributed by atoms with Gasteiger partial charge in [0.25, 0.3) is 0 Å². The number of benzene rings is 2. The van der Waals surface area contributed by atoms with Crippen molar-refractivity contribution in [3.05, 3.63) is 59.8 Å². The number of hydrogen-bond acceptors (Lipinski definition) is 2. The molecule has 4 N–H and O–H groups in total. The topological polar surface area (TPSA) is 70.9 Å². The highest BCUT2D eigenvalue weighted by Crippen LogP contribution is 2.28. The maximum atomic E-state index is 11.4. The van der Waals surface area contributed by atoms with E-state index in [-0.39, 0.29) is 0 Å². The summed E-state index contributed by atoms with van der Waals surface area (Å²) in [5.41, 5.74) is 10.5. The summed E-state index contributed by atoms with van der Waals surface area (Å²) < 4.78 is 0. The minimum atomic E-state index is -0.396. The first-order valence-electron chi connectivity index (χ1n) is 8.44. The number of hydrogen-bond donors (Lipinski definition) is 3. The smallest absolute Gasteiger partial charge is 0.248 e. The van der Waals surface area contributed by atoms with Crippen molar-refractivity contribution in [2.24, 2.45) is 5.73 Å². The summed E-state index contributed by atoms with van der Waals surface area (Å²) in [7, 11) is 0. The normalized spacial score (nSPS) is 17.4. The molecule has 0 unspecified atom stereocenters. The number of carbonyl (C=O) groups is 1. The van der Waals surface area contributed by atoms with Gasteiger partial charge in [-0.2, -0.15) is 0 Å². The fraction of sp³-hybridized carbons (Fsp3) is 0.250. The lowest BCUT2D eigenvalue weighted by Crippen LogP contribution is -2.23. The molecule has 1 amide bonds. The highest BCUT2D eigenvalue weighted by atomic mass is 16.1. The van der Waals surface area contributed by atoms with E-state index in [2.05, 4.69) is 34.7 Å². The number of nitrogens with two attached hydrogens (primary N) is 1. The van der Waals surface area contributed by atoms with Crippen LogP contribution in [0.15, 0.2) is 48.7 Å². The molecule has 2 heterocycles. The van der Waals surface area contributed by atoms with Crippen molar-refractivity contribution in [3.8, 4) is 11.1 Å². The van der Waals surface area contributed by atoms with Crippen molar-refractivity contribution in [3.63, 3.8) is 0 Å². The van der Waals surface area contributed by atoms with E-state index < -0.39 is 5.91 Å². The molecule has 1 saturated heterocycles. The Labute approximate surface area is 141 Å². The summed E-state index contributed by atoms with van der Waals surface area (Å²) >= 11 is 0. The molecule has 0 spiro atoms. The number of carbonyl (C=O) groups excluding carboxylic acids is 1. The summed E-state index contributed by atoms with van der Waals surface area (Å²) in [4.78, 5) is 14.8. The van der Waals surface area contributed by atoms with Crippen LogP contribution in [0, 0.1) is 0 Å². The van der Waals surface area contributed by atoms with Gasteiger partial charge in [0.05, 0.1) is 0 Å². The average molecular weight is 319 g/mol. The second-order valence-electron chi connectivity index (χ2n) is 6.52. The molecule has 0 aliphatic carbocycles. The fourth-order valence-electron chi connectivity index (χ4n) is 3.58. The Balaban J connectivity index is 1.71. The Kier molecular flexibility index (Phi) is 3.82. The predicted molar refractivity (Wildman–Crippen MR) is 97.0 cm³/mol. The van der Waals surface area contributed by atoms with Crippen molar-refractivity contribution >= 4 is 16.8 Å². The standard InChI is InChI=1S/C20H21N3O/c21-20(24)15-4-1-3-13(9-15)14-6-7-19-18(11-14)16(12-23-19)10-17-5-2-8-22-17/h1,3-4,6-7,9,11-12,17,22-23H,2,5,8,10H2,(H2,21,24)/t17-/m1/s1. The van der Waals surface area contributed by atoms with Crippen LogP contribution in [0.5, 0.6) is 0 Å². The summed E-state index contributed by atoms with van der Waals surface area (Å²) in [5, 5.41) is 4.82. The zero-order valence-corrected chi connectivity index (χ0v) is 13.5. The first kappa shape index (κ1) is 15.0. The molecule has 4 rings (SSSR count). The summed E-state index contributed by atoms with van der Waals surface area (Å²) in [5.74, 6) is -0.396. The van der Waals surface area contributed by atoms with Crippen molar-refractivity contribution in [2.45, 2.75) is 25.3 Å². The van der Waals surface area contributed by atoms with Gasteiger partial charge in [0, 0.05) is 28.7 Å². The maximum absolute atomic E-state index is 11.4. The van der Waals surface area contributed by atoms with E-state index in [0.717, 1.165) is 29.6 Å². The molecule has 1 aromatic heterocycles. The van der Waals surface area contributed by atoms with Gasteiger partial charge in [0.2, 0.25) is 5.91 Å². The Bertz CT molecular complexity index is 891. The van der Waals surface area contributed by atoms with Gasteiger partial charge in [0.1, 0.15) is 0 Å². The lowest BCUT2D eigenvalue weighted by molar-refractivity contribution is 0.100. The second kappa shape index (κ2) is 6.13. The van der Waals surface area contributed by atoms with E-state index in [4.69, 9.17) is 5.73 Å². The third-order valence-corrected chi connectivity index (χ3v) is 4.88. The SMILES string of the molecule is NC(=O)c1cccc(-c2ccc3[nH]cc(C[C@H]4CCCN4)c3c2)c1. The zero-order valence-electron chi connectivity index (χ0n) is 13.5. The van der Waals surface area contributed by atoms with E-state index in [9.17, 15) is 4.79 Å². The van der Waals surface area contributed by atoms with Crippen LogP contribution in [0.3, 0.4) is 0 Å². The minimum absolute atomic E-state index is 0.396. The quantitative estimate of drug-likeness (QED) is 0.691. The lowest BCUT2D eigenvalue weighted by atomic mass is 9.98. The monoisotopic (exact) mass is 319 g/mol. The van der Waals surface area contributed by atoms with E-state index in [1.807, 2.05) is 18.2 Å². The van der Waals surface area contributed by atoms with Crippen LogP contribution >= 0.6 is 0 Å². The molecule has 2 aromatic carbocycles. The van der Waals surface area contributed by atoms with Gasteiger partial charge in [-0.1, -0.05) is 18.2 Å². The number of amides is 1. The van der Waals surface area contributed by atoms with Crippen LogP contribution in [-0.4, -0.2) is 23.5 Å². The third kappa shape index (κ3) is 2.81. The molecule has 1 fully saturated rings. The highest BCUT2D eigenvalue weighted by Gasteiger charge is 2.16. The Hall–Kier alpha value is -2.59. The molecule has 0 saturated carbocycles. The third-order valence-electron chi connectivity index (χ3n) is 4.88. The summed E-state index contributed by atoms with van der Waals surface area (Å²) in [6.45, 7) is 1.12. The molecule has 1 atom stereocenters. The van der Waals surface area contributed by atoms with Crippen molar-refractivity contribution in [1.29, 1.82) is 0 Å². The van der Waals surface area contributed by atoms with Gasteiger partial charge in [-0.05, 0) is 66.8 Å². The molecule has 122 valence electrons. The van der Waals surface area contributed by atoms with E-state index in [1.165, 1.54) is 23.8 Å². The fourth-order valence-corrected chi connectivity index (χ4v) is 3.58. The van der Waals surface area contributed by atoms with E-state index in [0.29, 0.717) is 11.6 Å². The van der Waals surface area contributed by atoms with Crippen LogP contribution < -0.4 is 11.1 Å². The molecule has 0 radical (unpaired) electrons. The van der Waals surface area contributed by atoms with Gasteiger partial charge in [-0.25, -0.2) is 0 Å². The first-order valence-corrected chi connectivity index (χ1v) is 8.44. The second-order valence-corrected chi connectivity index (χ2v) is 6.52. The van der Waals surface area contributed by atoms with Crippen LogP contribution in [0.1, 0.15) is 28.8 Å². The van der Waals surface area contributed by atoms with Gasteiger partial charge in [-0.15, -0.1) is 0 Å². The minimum Gasteiger partial charge on any atom is -0.366 e. The van der Waals surface area contributed by atoms with Gasteiger partial charge < -0.3 is 16.0 Å². The van der Waals surface area contributed by atoms with Gasteiger partial charge in [-0.3, -0.25) is 4.79 Å². The Morgan fingerprint density at radius 1 is 1.17 bits per heavy atom. The Morgan fingerprint density at radius 3 is 2.83 bits per heavy atom. The highest BCUT2D eigenvalue weighted by molar-refractivity contribution is 5.95. The molecular weight excluding hydrogens is 298 g/mol. The molecule has 4 nitrogen and oxygen atoms in total. The average Bonchev–Trinajstić information content (AvgIpc) is 3.25. The number of H-pyrrole nitrogens is 1. The van der Waals surface area contributed by atoms with Gasteiger partial charge in [0.15, 0.2) is 0 Å². The zero-order chi connectivity index (χ0) is 16.5.